The first-order valence-electron chi connectivity index (χ1n) is 11.4. The molecule has 0 bridgehead atoms. The van der Waals surface area contributed by atoms with Crippen molar-refractivity contribution in [1.29, 1.82) is 0 Å². The quantitative estimate of drug-likeness (QED) is 0.558. The summed E-state index contributed by atoms with van der Waals surface area (Å²) in [5.74, 6) is 0.0230. The van der Waals surface area contributed by atoms with E-state index in [0.717, 1.165) is 22.5 Å². The minimum Gasteiger partial charge on any atom is -0.324 e. The summed E-state index contributed by atoms with van der Waals surface area (Å²) in [7, 11) is 0. The van der Waals surface area contributed by atoms with Gasteiger partial charge in [-0.3, -0.25) is 19.5 Å². The molecule has 3 aromatic carbocycles. The third-order valence-corrected chi connectivity index (χ3v) is 5.95. The van der Waals surface area contributed by atoms with E-state index in [2.05, 4.69) is 24.2 Å². The van der Waals surface area contributed by atoms with Gasteiger partial charge >= 0.3 is 0 Å². The summed E-state index contributed by atoms with van der Waals surface area (Å²) < 4.78 is 0. The molecule has 2 amide bonds. The summed E-state index contributed by atoms with van der Waals surface area (Å²) >= 11 is 0. The molecule has 1 atom stereocenters. The number of anilines is 2. The van der Waals surface area contributed by atoms with Crippen LogP contribution in [0.25, 0.3) is 0 Å². The maximum atomic E-state index is 13.3. The molecule has 0 saturated carbocycles. The van der Waals surface area contributed by atoms with E-state index in [4.69, 9.17) is 0 Å². The predicted molar refractivity (Wildman–Crippen MR) is 134 cm³/mol. The second-order valence-corrected chi connectivity index (χ2v) is 8.50. The van der Waals surface area contributed by atoms with E-state index in [-0.39, 0.29) is 18.4 Å². The number of carbonyl (C=O) groups excluding carboxylic acids is 2. The molecular formula is C28H29N3O2. The van der Waals surface area contributed by atoms with Crippen molar-refractivity contribution in [2.75, 3.05) is 16.8 Å². The molecule has 1 aliphatic heterocycles. The van der Waals surface area contributed by atoms with Crippen molar-refractivity contribution in [2.45, 2.75) is 39.2 Å². The second-order valence-electron chi connectivity index (χ2n) is 8.50. The highest BCUT2D eigenvalue weighted by Crippen LogP contribution is 2.30. The van der Waals surface area contributed by atoms with Crippen LogP contribution >= 0.6 is 0 Å². The van der Waals surface area contributed by atoms with Gasteiger partial charge in [0.2, 0.25) is 11.8 Å². The average molecular weight is 440 g/mol. The van der Waals surface area contributed by atoms with E-state index >= 15 is 0 Å². The van der Waals surface area contributed by atoms with Gasteiger partial charge in [0.25, 0.3) is 0 Å². The third-order valence-electron chi connectivity index (χ3n) is 5.95. The van der Waals surface area contributed by atoms with Gasteiger partial charge < -0.3 is 5.32 Å². The zero-order chi connectivity index (χ0) is 23.4. The summed E-state index contributed by atoms with van der Waals surface area (Å²) in [5.41, 5.74) is 5.20. The number of fused-ring (bicyclic) bond motifs is 1. The molecule has 0 unspecified atom stereocenters. The SMILES string of the molecule is CC[C@H](C(=O)Nc1ccc(C(C)C)cc1)N1C(=O)CN=C(c2ccccc2)c2ccccc21. The molecule has 0 saturated heterocycles. The Balaban J connectivity index is 1.67. The van der Waals surface area contributed by atoms with E-state index in [9.17, 15) is 9.59 Å². The number of hydrogen-bond acceptors (Lipinski definition) is 3. The predicted octanol–water partition coefficient (Wildman–Crippen LogP) is 5.41. The highest BCUT2D eigenvalue weighted by Gasteiger charge is 2.33. The van der Waals surface area contributed by atoms with Crippen molar-refractivity contribution in [3.05, 3.63) is 95.6 Å². The molecule has 168 valence electrons. The summed E-state index contributed by atoms with van der Waals surface area (Å²) in [6.45, 7) is 6.18. The standard InChI is InChI=1S/C28H29N3O2/c1-4-24(28(33)30-22-16-14-20(15-17-22)19(2)3)31-25-13-9-8-12-23(25)27(29-18-26(31)32)21-10-6-5-7-11-21/h5-17,19,24H,4,18H2,1-3H3,(H,30,33)/t24-/m1/s1. The maximum Gasteiger partial charge on any atom is 0.249 e. The highest BCUT2D eigenvalue weighted by molar-refractivity contribution is 6.20. The van der Waals surface area contributed by atoms with Gasteiger partial charge in [0.05, 0.1) is 11.4 Å². The van der Waals surface area contributed by atoms with Gasteiger partial charge in [-0.2, -0.15) is 0 Å². The number of benzodiazepines with no additional fused rings is 1. The number of carbonyl (C=O) groups is 2. The molecule has 0 aromatic heterocycles. The monoisotopic (exact) mass is 439 g/mol. The molecule has 1 N–H and O–H groups in total. The van der Waals surface area contributed by atoms with E-state index in [1.165, 1.54) is 5.56 Å². The van der Waals surface area contributed by atoms with Crippen molar-refractivity contribution in [1.82, 2.24) is 0 Å². The van der Waals surface area contributed by atoms with E-state index in [0.29, 0.717) is 18.0 Å². The average Bonchev–Trinajstić information content (AvgIpc) is 2.97. The molecule has 0 spiro atoms. The number of nitrogens with one attached hydrogen (secondary N) is 1. The fourth-order valence-electron chi connectivity index (χ4n) is 4.17. The van der Waals surface area contributed by atoms with Crippen LogP contribution in [-0.4, -0.2) is 30.1 Å². The first-order chi connectivity index (χ1) is 16.0. The number of rotatable bonds is 6. The number of para-hydroxylation sites is 1. The molecule has 33 heavy (non-hydrogen) atoms. The number of amides is 2. The van der Waals surface area contributed by atoms with Crippen LogP contribution in [0.4, 0.5) is 11.4 Å². The van der Waals surface area contributed by atoms with Crippen LogP contribution in [0.1, 0.15) is 49.8 Å². The van der Waals surface area contributed by atoms with Gasteiger partial charge in [0, 0.05) is 16.8 Å². The van der Waals surface area contributed by atoms with E-state index in [1.807, 2.05) is 85.8 Å². The topological polar surface area (TPSA) is 61.8 Å². The van der Waals surface area contributed by atoms with E-state index in [1.54, 1.807) is 4.90 Å². The number of aliphatic imine (C=N–C) groups is 1. The van der Waals surface area contributed by atoms with Crippen LogP contribution in [0.2, 0.25) is 0 Å². The molecule has 1 heterocycles. The minimum atomic E-state index is -0.645. The Morgan fingerprint density at radius 1 is 0.970 bits per heavy atom. The van der Waals surface area contributed by atoms with Crippen LogP contribution in [0.3, 0.4) is 0 Å². The lowest BCUT2D eigenvalue weighted by Crippen LogP contribution is -2.48. The molecule has 1 aliphatic rings. The largest absolute Gasteiger partial charge is 0.324 e. The Bertz CT molecular complexity index is 1170. The van der Waals surface area contributed by atoms with Crippen LogP contribution in [-0.2, 0) is 9.59 Å². The second kappa shape index (κ2) is 9.82. The highest BCUT2D eigenvalue weighted by atomic mass is 16.2. The summed E-state index contributed by atoms with van der Waals surface area (Å²) in [6, 6.07) is 24.7. The van der Waals surface area contributed by atoms with Gasteiger partial charge in [-0.25, -0.2) is 0 Å². The van der Waals surface area contributed by atoms with E-state index < -0.39 is 6.04 Å². The summed E-state index contributed by atoms with van der Waals surface area (Å²) in [4.78, 5) is 32.9. The Kier molecular flexibility index (Phi) is 6.68. The van der Waals surface area contributed by atoms with Crippen LogP contribution in [0, 0.1) is 0 Å². The van der Waals surface area contributed by atoms with Crippen LogP contribution in [0.15, 0.2) is 83.9 Å². The number of nitrogens with zero attached hydrogens (tertiary/aromatic N) is 2. The Morgan fingerprint density at radius 3 is 2.30 bits per heavy atom. The van der Waals surface area contributed by atoms with Crippen molar-refractivity contribution in [3.8, 4) is 0 Å². The molecule has 5 heteroatoms. The van der Waals surface area contributed by atoms with Crippen molar-refractivity contribution >= 4 is 28.9 Å². The molecular weight excluding hydrogens is 410 g/mol. The van der Waals surface area contributed by atoms with Crippen LogP contribution in [0.5, 0.6) is 0 Å². The van der Waals surface area contributed by atoms with Gasteiger partial charge in [0.15, 0.2) is 0 Å². The Morgan fingerprint density at radius 2 is 1.64 bits per heavy atom. The zero-order valence-electron chi connectivity index (χ0n) is 19.3. The van der Waals surface area contributed by atoms with Crippen molar-refractivity contribution in [3.63, 3.8) is 0 Å². The van der Waals surface area contributed by atoms with Crippen molar-refractivity contribution < 1.29 is 9.59 Å². The lowest BCUT2D eigenvalue weighted by Gasteiger charge is -2.30. The lowest BCUT2D eigenvalue weighted by atomic mass is 9.99. The molecule has 0 fully saturated rings. The molecule has 3 aromatic rings. The fourth-order valence-corrected chi connectivity index (χ4v) is 4.17. The normalized spacial score (nSPS) is 14.4. The molecule has 4 rings (SSSR count). The fraction of sp³-hybridized carbons (Fsp3) is 0.250. The maximum absolute atomic E-state index is 13.3. The zero-order valence-corrected chi connectivity index (χ0v) is 19.3. The number of benzene rings is 3. The summed E-state index contributed by atoms with van der Waals surface area (Å²) in [6.07, 6.45) is 0.483. The molecule has 0 radical (unpaired) electrons. The minimum absolute atomic E-state index is 0.00816. The van der Waals surface area contributed by atoms with Gasteiger partial charge in [0.1, 0.15) is 12.6 Å². The van der Waals surface area contributed by atoms with Crippen LogP contribution < -0.4 is 10.2 Å². The first-order valence-corrected chi connectivity index (χ1v) is 11.4. The molecule has 5 nitrogen and oxygen atoms in total. The van der Waals surface area contributed by atoms with Gasteiger partial charge in [-0.05, 0) is 36.1 Å². The third kappa shape index (κ3) is 4.72. The van der Waals surface area contributed by atoms with Gasteiger partial charge in [-0.1, -0.05) is 81.4 Å². The summed E-state index contributed by atoms with van der Waals surface area (Å²) in [5, 5.41) is 3.00. The number of hydrogen-bond donors (Lipinski definition) is 1. The Hall–Kier alpha value is -3.73. The van der Waals surface area contributed by atoms with Crippen molar-refractivity contribution in [2.24, 2.45) is 4.99 Å². The smallest absolute Gasteiger partial charge is 0.249 e. The first kappa shape index (κ1) is 22.5. The lowest BCUT2D eigenvalue weighted by molar-refractivity contribution is -0.123. The van der Waals surface area contributed by atoms with Gasteiger partial charge in [-0.15, -0.1) is 0 Å². The molecule has 0 aliphatic carbocycles. The Labute approximate surface area is 195 Å².